The Morgan fingerprint density at radius 3 is 2.74 bits per heavy atom. The van der Waals surface area contributed by atoms with Gasteiger partial charge in [0.2, 0.25) is 0 Å². The highest BCUT2D eigenvalue weighted by molar-refractivity contribution is 5.99. The number of carboxylic acid groups (broad SMARTS) is 1. The topological polar surface area (TPSA) is 63.6 Å². The van der Waals surface area contributed by atoms with Crippen LogP contribution in [-0.2, 0) is 14.3 Å². The third-order valence-electron chi connectivity index (χ3n) is 3.36. The van der Waals surface area contributed by atoms with E-state index in [2.05, 4.69) is 0 Å². The molecule has 1 atom stereocenters. The Hall–Kier alpha value is -2.10. The summed E-state index contributed by atoms with van der Waals surface area (Å²) < 4.78 is 4.90. The molecule has 0 radical (unpaired) electrons. The second-order valence-corrected chi connectivity index (χ2v) is 4.64. The molecule has 100 valence electrons. The van der Waals surface area contributed by atoms with E-state index in [0.29, 0.717) is 19.4 Å². The van der Waals surface area contributed by atoms with Gasteiger partial charge in [-0.1, -0.05) is 42.5 Å². The van der Waals surface area contributed by atoms with E-state index in [0.717, 1.165) is 5.56 Å². The van der Waals surface area contributed by atoms with Crippen LogP contribution in [0, 0.1) is 5.41 Å². The van der Waals surface area contributed by atoms with E-state index in [1.54, 1.807) is 6.08 Å². The zero-order valence-electron chi connectivity index (χ0n) is 10.5. The zero-order chi connectivity index (χ0) is 13.7. The minimum atomic E-state index is -1.41. The highest BCUT2D eigenvalue weighted by atomic mass is 16.5. The molecule has 1 saturated heterocycles. The molecule has 1 aliphatic rings. The van der Waals surface area contributed by atoms with Gasteiger partial charge in [-0.2, -0.15) is 0 Å². The molecule has 2 rings (SSSR count). The lowest BCUT2D eigenvalue weighted by molar-refractivity contribution is -0.174. The molecule has 0 spiro atoms. The van der Waals surface area contributed by atoms with Crippen molar-refractivity contribution in [1.29, 1.82) is 0 Å². The summed E-state index contributed by atoms with van der Waals surface area (Å²) in [5.41, 5.74) is -0.434. The number of carboxylic acids is 1. The predicted molar refractivity (Wildman–Crippen MR) is 70.4 cm³/mol. The van der Waals surface area contributed by atoms with E-state index in [-0.39, 0.29) is 6.42 Å². The third-order valence-corrected chi connectivity index (χ3v) is 3.36. The molecule has 1 N–H and O–H groups in total. The Bertz CT molecular complexity index is 492. The molecule has 4 nitrogen and oxygen atoms in total. The number of ether oxygens (including phenoxy) is 1. The molecule has 0 aromatic heterocycles. The fraction of sp³-hybridized carbons (Fsp3) is 0.333. The van der Waals surface area contributed by atoms with E-state index in [1.165, 1.54) is 0 Å². The summed E-state index contributed by atoms with van der Waals surface area (Å²) in [6.07, 6.45) is 4.65. The van der Waals surface area contributed by atoms with Crippen LogP contribution in [-0.4, -0.2) is 23.7 Å². The fourth-order valence-corrected chi connectivity index (χ4v) is 2.21. The molecule has 0 aliphatic carbocycles. The first-order chi connectivity index (χ1) is 9.15. The van der Waals surface area contributed by atoms with Crippen LogP contribution in [0.1, 0.15) is 24.8 Å². The lowest BCUT2D eigenvalue weighted by Gasteiger charge is -2.29. The number of esters is 1. The molecular formula is C15H16O4. The van der Waals surface area contributed by atoms with Gasteiger partial charge in [-0.05, 0) is 24.8 Å². The molecule has 0 bridgehead atoms. The van der Waals surface area contributed by atoms with Crippen molar-refractivity contribution < 1.29 is 19.4 Å². The number of rotatable bonds is 4. The zero-order valence-corrected chi connectivity index (χ0v) is 10.5. The Morgan fingerprint density at radius 2 is 2.11 bits per heavy atom. The summed E-state index contributed by atoms with van der Waals surface area (Å²) in [7, 11) is 0. The Morgan fingerprint density at radius 1 is 1.37 bits per heavy atom. The van der Waals surface area contributed by atoms with Gasteiger partial charge in [0.25, 0.3) is 0 Å². The molecule has 19 heavy (non-hydrogen) atoms. The number of carbonyl (C=O) groups excluding carboxylic acids is 1. The SMILES string of the molecule is O=C(O)[C@]1(CC=Cc2ccccc2)CCCOC1=O. The van der Waals surface area contributed by atoms with E-state index in [4.69, 9.17) is 4.74 Å². The monoisotopic (exact) mass is 260 g/mol. The van der Waals surface area contributed by atoms with Crippen molar-refractivity contribution >= 4 is 18.0 Å². The number of allylic oxidation sites excluding steroid dienone is 1. The van der Waals surface area contributed by atoms with Crippen LogP contribution in [0.4, 0.5) is 0 Å². The van der Waals surface area contributed by atoms with Crippen LogP contribution in [0.15, 0.2) is 36.4 Å². The van der Waals surface area contributed by atoms with Crippen LogP contribution in [0.3, 0.4) is 0 Å². The van der Waals surface area contributed by atoms with E-state index < -0.39 is 17.4 Å². The molecule has 1 heterocycles. The van der Waals surface area contributed by atoms with Crippen LogP contribution >= 0.6 is 0 Å². The van der Waals surface area contributed by atoms with Crippen LogP contribution in [0.25, 0.3) is 6.08 Å². The first-order valence-corrected chi connectivity index (χ1v) is 6.27. The van der Waals surface area contributed by atoms with Gasteiger partial charge in [0.05, 0.1) is 6.61 Å². The minimum absolute atomic E-state index is 0.163. The van der Waals surface area contributed by atoms with Crippen LogP contribution in [0.2, 0.25) is 0 Å². The van der Waals surface area contributed by atoms with E-state index in [1.807, 2.05) is 36.4 Å². The summed E-state index contributed by atoms with van der Waals surface area (Å²) in [5.74, 6) is -1.72. The third kappa shape index (κ3) is 2.84. The maximum absolute atomic E-state index is 11.8. The normalized spacial score (nSPS) is 23.3. The van der Waals surface area contributed by atoms with Gasteiger partial charge in [0.15, 0.2) is 5.41 Å². The summed E-state index contributed by atoms with van der Waals surface area (Å²) in [6.45, 7) is 0.316. The Balaban J connectivity index is 2.12. The average Bonchev–Trinajstić information content (AvgIpc) is 2.42. The lowest BCUT2D eigenvalue weighted by Crippen LogP contribution is -2.43. The lowest BCUT2D eigenvalue weighted by atomic mass is 9.78. The van der Waals surface area contributed by atoms with Crippen LogP contribution < -0.4 is 0 Å². The highest BCUT2D eigenvalue weighted by Crippen LogP contribution is 2.34. The maximum atomic E-state index is 11.8. The standard InChI is InChI=1S/C15H16O4/c16-13(17)15(10-5-11-19-14(15)18)9-4-8-12-6-2-1-3-7-12/h1-4,6-8H,5,9-11H2,(H,16,17)/t15-/m0/s1. The number of hydrogen-bond acceptors (Lipinski definition) is 3. The minimum Gasteiger partial charge on any atom is -0.480 e. The first-order valence-electron chi connectivity index (χ1n) is 6.27. The summed E-state index contributed by atoms with van der Waals surface area (Å²) >= 11 is 0. The van der Waals surface area contributed by atoms with Crippen molar-refractivity contribution in [2.45, 2.75) is 19.3 Å². The van der Waals surface area contributed by atoms with Gasteiger partial charge >= 0.3 is 11.9 Å². The van der Waals surface area contributed by atoms with Crippen molar-refractivity contribution in [1.82, 2.24) is 0 Å². The smallest absolute Gasteiger partial charge is 0.323 e. The second-order valence-electron chi connectivity index (χ2n) is 4.64. The van der Waals surface area contributed by atoms with Crippen molar-refractivity contribution in [3.63, 3.8) is 0 Å². The first kappa shape index (κ1) is 13.3. The molecule has 1 aromatic carbocycles. The van der Waals surface area contributed by atoms with Crippen molar-refractivity contribution in [2.24, 2.45) is 5.41 Å². The molecule has 1 aliphatic heterocycles. The van der Waals surface area contributed by atoms with Crippen molar-refractivity contribution in [3.05, 3.63) is 42.0 Å². The van der Waals surface area contributed by atoms with E-state index in [9.17, 15) is 14.7 Å². The predicted octanol–water partition coefficient (Wildman–Crippen LogP) is 2.50. The molecule has 1 fully saturated rings. The second kappa shape index (κ2) is 5.69. The molecule has 0 unspecified atom stereocenters. The fourth-order valence-electron chi connectivity index (χ4n) is 2.21. The quantitative estimate of drug-likeness (QED) is 0.667. The summed E-state index contributed by atoms with van der Waals surface area (Å²) in [5, 5.41) is 9.32. The van der Waals surface area contributed by atoms with Crippen molar-refractivity contribution in [3.8, 4) is 0 Å². The van der Waals surface area contributed by atoms with Gasteiger partial charge in [-0.25, -0.2) is 0 Å². The Labute approximate surface area is 111 Å². The maximum Gasteiger partial charge on any atom is 0.323 e. The van der Waals surface area contributed by atoms with Crippen molar-refractivity contribution in [2.75, 3.05) is 6.61 Å². The van der Waals surface area contributed by atoms with Crippen LogP contribution in [0.5, 0.6) is 0 Å². The highest BCUT2D eigenvalue weighted by Gasteiger charge is 2.48. The molecule has 0 saturated carbocycles. The van der Waals surface area contributed by atoms with E-state index >= 15 is 0 Å². The van der Waals surface area contributed by atoms with Gasteiger partial charge in [0, 0.05) is 0 Å². The number of cyclic esters (lactones) is 1. The summed E-state index contributed by atoms with van der Waals surface area (Å²) in [4.78, 5) is 23.2. The van der Waals surface area contributed by atoms with Gasteiger partial charge in [0.1, 0.15) is 0 Å². The Kier molecular flexibility index (Phi) is 4.00. The molecule has 4 heteroatoms. The van der Waals surface area contributed by atoms with Gasteiger partial charge in [-0.3, -0.25) is 9.59 Å². The largest absolute Gasteiger partial charge is 0.480 e. The number of hydrogen-bond donors (Lipinski definition) is 1. The molecule has 1 aromatic rings. The number of aliphatic carboxylic acids is 1. The number of benzene rings is 1. The van der Waals surface area contributed by atoms with Gasteiger partial charge in [-0.15, -0.1) is 0 Å². The van der Waals surface area contributed by atoms with Gasteiger partial charge < -0.3 is 9.84 Å². The average molecular weight is 260 g/mol. The number of carbonyl (C=O) groups is 2. The summed E-state index contributed by atoms with van der Waals surface area (Å²) in [6, 6.07) is 9.56. The molecule has 0 amide bonds. The molecular weight excluding hydrogens is 244 g/mol.